The van der Waals surface area contributed by atoms with Gasteiger partial charge in [0.15, 0.2) is 5.96 Å². The van der Waals surface area contributed by atoms with Crippen molar-refractivity contribution in [3.8, 4) is 5.75 Å². The van der Waals surface area contributed by atoms with E-state index < -0.39 is 0 Å². The molecule has 0 bridgehead atoms. The number of ether oxygens (including phenoxy) is 1. The SMILES string of the molecule is CCNC(=NCC(C)c1ccccc1OC)NC1CCN(C(=O)C2CCCC2)C1. The number of hydrogen-bond donors (Lipinski definition) is 2. The van der Waals surface area contributed by atoms with Crippen molar-refractivity contribution in [2.75, 3.05) is 33.3 Å². The average molecular weight is 401 g/mol. The number of amides is 1. The largest absolute Gasteiger partial charge is 0.496 e. The molecule has 1 aromatic carbocycles. The van der Waals surface area contributed by atoms with E-state index in [9.17, 15) is 4.79 Å². The summed E-state index contributed by atoms with van der Waals surface area (Å²) in [7, 11) is 1.71. The zero-order chi connectivity index (χ0) is 20.6. The number of likely N-dealkylation sites (tertiary alicyclic amines) is 1. The van der Waals surface area contributed by atoms with Gasteiger partial charge in [-0.15, -0.1) is 0 Å². The standard InChI is InChI=1S/C23H36N4O2/c1-4-24-23(25-15-17(2)20-11-7-8-12-21(20)29-3)26-19-13-14-27(16-19)22(28)18-9-5-6-10-18/h7-8,11-12,17-19H,4-6,9-10,13-16H2,1-3H3,(H2,24,25,26). The highest BCUT2D eigenvalue weighted by molar-refractivity contribution is 5.81. The highest BCUT2D eigenvalue weighted by atomic mass is 16.5. The first-order valence-corrected chi connectivity index (χ1v) is 11.1. The topological polar surface area (TPSA) is 66.0 Å². The quantitative estimate of drug-likeness (QED) is 0.545. The number of carbonyl (C=O) groups is 1. The van der Waals surface area contributed by atoms with Crippen LogP contribution in [0, 0.1) is 5.92 Å². The number of methoxy groups -OCH3 is 1. The summed E-state index contributed by atoms with van der Waals surface area (Å²) in [6.07, 6.45) is 5.52. The van der Waals surface area contributed by atoms with Crippen LogP contribution in [-0.2, 0) is 4.79 Å². The highest BCUT2D eigenvalue weighted by Crippen LogP contribution is 2.28. The number of nitrogens with one attached hydrogen (secondary N) is 2. The molecule has 1 aliphatic carbocycles. The van der Waals surface area contributed by atoms with Crippen LogP contribution in [0.5, 0.6) is 5.75 Å². The second-order valence-electron chi connectivity index (χ2n) is 8.26. The molecule has 1 heterocycles. The van der Waals surface area contributed by atoms with E-state index in [1.807, 2.05) is 18.2 Å². The Hall–Kier alpha value is -2.24. The summed E-state index contributed by atoms with van der Waals surface area (Å²) in [6, 6.07) is 8.38. The summed E-state index contributed by atoms with van der Waals surface area (Å²) < 4.78 is 5.49. The molecule has 0 spiro atoms. The van der Waals surface area contributed by atoms with Crippen molar-refractivity contribution in [2.24, 2.45) is 10.9 Å². The molecule has 6 heteroatoms. The maximum absolute atomic E-state index is 12.7. The molecule has 2 unspecified atom stereocenters. The fourth-order valence-electron chi connectivity index (χ4n) is 4.42. The number of hydrogen-bond acceptors (Lipinski definition) is 3. The van der Waals surface area contributed by atoms with Gasteiger partial charge in [0, 0.05) is 44.1 Å². The van der Waals surface area contributed by atoms with Crippen LogP contribution in [-0.4, -0.2) is 56.1 Å². The van der Waals surface area contributed by atoms with Crippen LogP contribution in [0.4, 0.5) is 0 Å². The smallest absolute Gasteiger partial charge is 0.225 e. The minimum Gasteiger partial charge on any atom is -0.496 e. The summed E-state index contributed by atoms with van der Waals surface area (Å²) in [5.74, 6) is 2.61. The molecule has 1 aliphatic heterocycles. The van der Waals surface area contributed by atoms with Crippen LogP contribution in [0.3, 0.4) is 0 Å². The Labute approximate surface area is 175 Å². The van der Waals surface area contributed by atoms with E-state index in [-0.39, 0.29) is 17.9 Å². The molecule has 1 aromatic rings. The van der Waals surface area contributed by atoms with Crippen LogP contribution in [0.2, 0.25) is 0 Å². The highest BCUT2D eigenvalue weighted by Gasteiger charge is 2.32. The van der Waals surface area contributed by atoms with E-state index in [1.165, 1.54) is 18.4 Å². The minimum absolute atomic E-state index is 0.255. The van der Waals surface area contributed by atoms with Crippen molar-refractivity contribution >= 4 is 11.9 Å². The zero-order valence-corrected chi connectivity index (χ0v) is 18.1. The molecule has 1 amide bonds. The van der Waals surface area contributed by atoms with Crippen molar-refractivity contribution in [3.05, 3.63) is 29.8 Å². The van der Waals surface area contributed by atoms with Crippen LogP contribution >= 0.6 is 0 Å². The third-order valence-corrected chi connectivity index (χ3v) is 6.08. The van der Waals surface area contributed by atoms with Gasteiger partial charge in [0.25, 0.3) is 0 Å². The van der Waals surface area contributed by atoms with Crippen molar-refractivity contribution in [1.29, 1.82) is 0 Å². The van der Waals surface area contributed by atoms with Crippen molar-refractivity contribution in [2.45, 2.75) is 57.9 Å². The molecular formula is C23H36N4O2. The molecule has 0 radical (unpaired) electrons. The molecule has 160 valence electrons. The predicted octanol–water partition coefficient (Wildman–Crippen LogP) is 3.14. The Morgan fingerprint density at radius 3 is 2.76 bits per heavy atom. The van der Waals surface area contributed by atoms with E-state index in [4.69, 9.17) is 9.73 Å². The maximum Gasteiger partial charge on any atom is 0.225 e. The van der Waals surface area contributed by atoms with Gasteiger partial charge in [-0.25, -0.2) is 0 Å². The first-order chi connectivity index (χ1) is 14.1. The minimum atomic E-state index is 0.255. The number of aliphatic imine (C=N–C) groups is 1. The van der Waals surface area contributed by atoms with Crippen LogP contribution in [0.25, 0.3) is 0 Å². The Morgan fingerprint density at radius 1 is 1.28 bits per heavy atom. The van der Waals surface area contributed by atoms with Gasteiger partial charge in [0.2, 0.25) is 5.91 Å². The molecule has 2 atom stereocenters. The lowest BCUT2D eigenvalue weighted by Crippen LogP contribution is -2.45. The first-order valence-electron chi connectivity index (χ1n) is 11.1. The maximum atomic E-state index is 12.7. The molecule has 0 aromatic heterocycles. The van der Waals surface area contributed by atoms with Crippen LogP contribution in [0.1, 0.15) is 57.4 Å². The second kappa shape index (κ2) is 10.5. The molecule has 6 nitrogen and oxygen atoms in total. The normalized spacial score (nSPS) is 21.3. The Balaban J connectivity index is 1.56. The number of para-hydroxylation sites is 1. The van der Waals surface area contributed by atoms with Gasteiger partial charge in [-0.1, -0.05) is 38.0 Å². The number of guanidine groups is 1. The molecule has 1 saturated carbocycles. The van der Waals surface area contributed by atoms with Gasteiger partial charge in [0.05, 0.1) is 7.11 Å². The van der Waals surface area contributed by atoms with Gasteiger partial charge in [-0.3, -0.25) is 9.79 Å². The monoisotopic (exact) mass is 400 g/mol. The number of nitrogens with zero attached hydrogens (tertiary/aromatic N) is 2. The van der Waals surface area contributed by atoms with E-state index in [2.05, 4.69) is 35.4 Å². The Kier molecular flexibility index (Phi) is 7.78. The fourth-order valence-corrected chi connectivity index (χ4v) is 4.42. The third kappa shape index (κ3) is 5.64. The molecule has 3 rings (SSSR count). The van der Waals surface area contributed by atoms with Crippen molar-refractivity contribution in [1.82, 2.24) is 15.5 Å². The summed E-state index contributed by atoms with van der Waals surface area (Å²) in [4.78, 5) is 19.5. The third-order valence-electron chi connectivity index (χ3n) is 6.08. The second-order valence-corrected chi connectivity index (χ2v) is 8.26. The molecule has 1 saturated heterocycles. The summed E-state index contributed by atoms with van der Waals surface area (Å²) in [6.45, 7) is 7.36. The molecule has 29 heavy (non-hydrogen) atoms. The fraction of sp³-hybridized carbons (Fsp3) is 0.652. The molecule has 2 fully saturated rings. The van der Waals surface area contributed by atoms with Crippen molar-refractivity contribution in [3.63, 3.8) is 0 Å². The zero-order valence-electron chi connectivity index (χ0n) is 18.1. The number of carbonyl (C=O) groups excluding carboxylic acids is 1. The average Bonchev–Trinajstić information content (AvgIpc) is 3.44. The lowest BCUT2D eigenvalue weighted by Gasteiger charge is -2.22. The Bertz CT molecular complexity index is 700. The Morgan fingerprint density at radius 2 is 2.03 bits per heavy atom. The van der Waals surface area contributed by atoms with E-state index in [0.717, 1.165) is 50.6 Å². The summed E-state index contributed by atoms with van der Waals surface area (Å²) >= 11 is 0. The lowest BCUT2D eigenvalue weighted by molar-refractivity contribution is -0.134. The van der Waals surface area contributed by atoms with E-state index in [1.54, 1.807) is 7.11 Å². The van der Waals surface area contributed by atoms with Gasteiger partial charge in [0.1, 0.15) is 5.75 Å². The molecular weight excluding hydrogens is 364 g/mol. The van der Waals surface area contributed by atoms with Crippen molar-refractivity contribution < 1.29 is 9.53 Å². The van der Waals surface area contributed by atoms with Gasteiger partial charge in [-0.05, 0) is 37.8 Å². The summed E-state index contributed by atoms with van der Waals surface area (Å²) in [5, 5.41) is 6.89. The van der Waals surface area contributed by atoms with Crippen LogP contribution < -0.4 is 15.4 Å². The van der Waals surface area contributed by atoms with Gasteiger partial charge < -0.3 is 20.3 Å². The van der Waals surface area contributed by atoms with Crippen LogP contribution in [0.15, 0.2) is 29.3 Å². The lowest BCUT2D eigenvalue weighted by atomic mass is 10.0. The van der Waals surface area contributed by atoms with Gasteiger partial charge in [-0.2, -0.15) is 0 Å². The molecule has 2 N–H and O–H groups in total. The summed E-state index contributed by atoms with van der Waals surface area (Å²) in [5.41, 5.74) is 1.17. The van der Waals surface area contributed by atoms with E-state index in [0.29, 0.717) is 12.5 Å². The first kappa shape index (κ1) is 21.5. The van der Waals surface area contributed by atoms with Gasteiger partial charge >= 0.3 is 0 Å². The number of rotatable bonds is 7. The molecule has 2 aliphatic rings. The van der Waals surface area contributed by atoms with E-state index >= 15 is 0 Å². The number of benzene rings is 1. The predicted molar refractivity (Wildman–Crippen MR) is 117 cm³/mol.